The molecule has 6 N–H and O–H groups in total. The van der Waals surface area contributed by atoms with E-state index in [9.17, 15) is 35.1 Å². The first kappa shape index (κ1) is 65.4. The summed E-state index contributed by atoms with van der Waals surface area (Å²) in [5, 5.41) is 56.8. The standard InChI is InChI=1S/C58H111NO10/c1-4-7-10-13-16-19-22-23-24-25-26-27-28-31-33-36-39-42-45-51(62)57(66)59-49(50(61)44-41-38-35-32-29-20-17-14-11-8-5-2)48-67-58-56(55(65)54(64)52(47-60)68-58)69-53(63)46-43-40-37-34-30-21-18-15-12-9-6-3/h41,44,49-52,54-56,58,60-62,64-65H,4-40,42-43,45-48H2,1-3H3,(H,59,66)/b44-41+. The first-order chi connectivity index (χ1) is 33.7. The van der Waals surface area contributed by atoms with Crippen LogP contribution in [0.5, 0.6) is 0 Å². The van der Waals surface area contributed by atoms with Gasteiger partial charge < -0.3 is 45.1 Å². The number of carbonyl (C=O) groups excluding carboxylic acids is 2. The molecule has 0 aliphatic carbocycles. The van der Waals surface area contributed by atoms with Gasteiger partial charge >= 0.3 is 5.97 Å². The van der Waals surface area contributed by atoms with Crippen LogP contribution in [0.15, 0.2) is 12.2 Å². The van der Waals surface area contributed by atoms with Gasteiger partial charge in [-0.25, -0.2) is 0 Å². The van der Waals surface area contributed by atoms with Crippen molar-refractivity contribution in [2.75, 3.05) is 13.2 Å². The highest BCUT2D eigenvalue weighted by Crippen LogP contribution is 2.26. The maximum atomic E-state index is 13.4. The average Bonchev–Trinajstić information content (AvgIpc) is 3.34. The van der Waals surface area contributed by atoms with Crippen LogP contribution in [0.4, 0.5) is 0 Å². The number of rotatable bonds is 50. The van der Waals surface area contributed by atoms with Crippen molar-refractivity contribution in [2.24, 2.45) is 0 Å². The molecule has 1 heterocycles. The van der Waals surface area contributed by atoms with Gasteiger partial charge in [0.2, 0.25) is 5.91 Å². The zero-order chi connectivity index (χ0) is 50.4. The molecule has 69 heavy (non-hydrogen) atoms. The smallest absolute Gasteiger partial charge is 0.306 e. The van der Waals surface area contributed by atoms with E-state index in [0.29, 0.717) is 19.3 Å². The quantitative estimate of drug-likeness (QED) is 0.0195. The van der Waals surface area contributed by atoms with E-state index < -0.39 is 67.4 Å². The van der Waals surface area contributed by atoms with E-state index >= 15 is 0 Å². The molecule has 11 nitrogen and oxygen atoms in total. The van der Waals surface area contributed by atoms with Crippen LogP contribution in [0.2, 0.25) is 0 Å². The molecule has 1 amide bonds. The number of hydrogen-bond donors (Lipinski definition) is 6. The highest BCUT2D eigenvalue weighted by Gasteiger charge is 2.47. The molecule has 0 aromatic rings. The second kappa shape index (κ2) is 47.4. The molecular formula is C58H111NO10. The van der Waals surface area contributed by atoms with Crippen LogP contribution >= 0.6 is 0 Å². The van der Waals surface area contributed by atoms with Crippen molar-refractivity contribution in [3.63, 3.8) is 0 Å². The molecule has 1 saturated heterocycles. The van der Waals surface area contributed by atoms with E-state index in [1.807, 2.05) is 6.08 Å². The summed E-state index contributed by atoms with van der Waals surface area (Å²) in [6.07, 6.45) is 41.2. The Morgan fingerprint density at radius 1 is 0.551 bits per heavy atom. The molecule has 1 fully saturated rings. The van der Waals surface area contributed by atoms with Crippen molar-refractivity contribution in [3.05, 3.63) is 12.2 Å². The fourth-order valence-corrected chi connectivity index (χ4v) is 9.48. The number of aliphatic hydroxyl groups is 5. The lowest BCUT2D eigenvalue weighted by Crippen LogP contribution is -2.61. The lowest BCUT2D eigenvalue weighted by atomic mass is 9.99. The Hall–Kier alpha value is -1.60. The molecule has 0 aromatic carbocycles. The highest BCUT2D eigenvalue weighted by molar-refractivity contribution is 5.80. The molecule has 0 aromatic heterocycles. The van der Waals surface area contributed by atoms with Crippen molar-refractivity contribution in [1.29, 1.82) is 0 Å². The van der Waals surface area contributed by atoms with E-state index in [2.05, 4.69) is 26.1 Å². The zero-order valence-corrected chi connectivity index (χ0v) is 45.0. The number of unbranched alkanes of at least 4 members (excludes halogenated alkanes) is 36. The van der Waals surface area contributed by atoms with E-state index in [0.717, 1.165) is 57.8 Å². The van der Waals surface area contributed by atoms with Crippen LogP contribution in [-0.4, -0.2) is 99.6 Å². The number of esters is 1. The average molecular weight is 983 g/mol. The van der Waals surface area contributed by atoms with Gasteiger partial charge in [-0.2, -0.15) is 0 Å². The van der Waals surface area contributed by atoms with Gasteiger partial charge in [-0.1, -0.05) is 264 Å². The fraction of sp³-hybridized carbons (Fsp3) is 0.931. The zero-order valence-electron chi connectivity index (χ0n) is 45.0. The molecule has 1 rings (SSSR count). The van der Waals surface area contributed by atoms with E-state index in [-0.39, 0.29) is 13.0 Å². The third-order valence-electron chi connectivity index (χ3n) is 14.2. The summed E-state index contributed by atoms with van der Waals surface area (Å²) < 4.78 is 17.6. The van der Waals surface area contributed by atoms with Gasteiger partial charge in [-0.3, -0.25) is 9.59 Å². The number of amides is 1. The van der Waals surface area contributed by atoms with Crippen LogP contribution in [-0.2, 0) is 23.8 Å². The Labute approximate surface area is 423 Å². The van der Waals surface area contributed by atoms with Gasteiger partial charge in [0.25, 0.3) is 0 Å². The van der Waals surface area contributed by atoms with E-state index in [1.165, 1.54) is 180 Å². The maximum Gasteiger partial charge on any atom is 0.306 e. The van der Waals surface area contributed by atoms with Crippen LogP contribution in [0, 0.1) is 0 Å². The predicted octanol–water partition coefficient (Wildman–Crippen LogP) is 13.2. The molecule has 1 aliphatic heterocycles. The second-order valence-corrected chi connectivity index (χ2v) is 20.7. The van der Waals surface area contributed by atoms with E-state index in [4.69, 9.17) is 14.2 Å². The van der Waals surface area contributed by atoms with Crippen LogP contribution in [0.3, 0.4) is 0 Å². The van der Waals surface area contributed by atoms with Crippen LogP contribution < -0.4 is 5.32 Å². The number of ether oxygens (including phenoxy) is 3. The van der Waals surface area contributed by atoms with Gasteiger partial charge in [0, 0.05) is 6.42 Å². The van der Waals surface area contributed by atoms with Gasteiger partial charge in [0.05, 0.1) is 25.4 Å². The molecular weight excluding hydrogens is 871 g/mol. The minimum absolute atomic E-state index is 0.130. The first-order valence-corrected chi connectivity index (χ1v) is 29.5. The minimum atomic E-state index is -1.60. The molecule has 8 unspecified atom stereocenters. The van der Waals surface area contributed by atoms with Gasteiger partial charge in [-0.05, 0) is 25.7 Å². The number of nitrogens with one attached hydrogen (secondary N) is 1. The predicted molar refractivity (Wildman–Crippen MR) is 283 cm³/mol. The van der Waals surface area contributed by atoms with Crippen molar-refractivity contribution < 1.29 is 49.3 Å². The van der Waals surface area contributed by atoms with Crippen molar-refractivity contribution in [1.82, 2.24) is 5.32 Å². The van der Waals surface area contributed by atoms with Gasteiger partial charge in [0.1, 0.15) is 24.4 Å². The topological polar surface area (TPSA) is 175 Å². The highest BCUT2D eigenvalue weighted by atomic mass is 16.7. The Morgan fingerprint density at radius 2 is 0.942 bits per heavy atom. The first-order valence-electron chi connectivity index (χ1n) is 29.5. The molecule has 8 atom stereocenters. The second-order valence-electron chi connectivity index (χ2n) is 20.7. The molecule has 408 valence electrons. The van der Waals surface area contributed by atoms with Gasteiger partial charge in [-0.15, -0.1) is 0 Å². The van der Waals surface area contributed by atoms with Crippen molar-refractivity contribution >= 4 is 11.9 Å². The SMILES string of the molecule is CCCCCCCCCCC/C=C/C(O)C(COC1OC(CO)C(O)C(O)C1OC(=O)CCCCCCCCCCCCC)NC(=O)C(O)CCCCCCCCCCCCCCCCCCCC. The number of allylic oxidation sites excluding steroid dienone is 1. The molecule has 1 aliphatic rings. The monoisotopic (exact) mass is 982 g/mol. The van der Waals surface area contributed by atoms with Crippen molar-refractivity contribution in [2.45, 2.75) is 333 Å². The summed E-state index contributed by atoms with van der Waals surface area (Å²) in [6.45, 7) is 5.79. The summed E-state index contributed by atoms with van der Waals surface area (Å²) in [5.41, 5.74) is 0. The Kier molecular flexibility index (Phi) is 44.9. The summed E-state index contributed by atoms with van der Waals surface area (Å²) in [4.78, 5) is 26.4. The summed E-state index contributed by atoms with van der Waals surface area (Å²) in [5.74, 6) is -1.18. The summed E-state index contributed by atoms with van der Waals surface area (Å²) in [7, 11) is 0. The van der Waals surface area contributed by atoms with Crippen LogP contribution in [0.1, 0.15) is 284 Å². The number of carbonyl (C=O) groups is 2. The largest absolute Gasteiger partial charge is 0.454 e. The molecule has 11 heteroatoms. The molecule has 0 bridgehead atoms. The Bertz CT molecular complexity index is 1170. The molecule has 0 saturated carbocycles. The third-order valence-corrected chi connectivity index (χ3v) is 14.2. The molecule has 0 radical (unpaired) electrons. The lowest BCUT2D eigenvalue weighted by Gasteiger charge is -2.41. The lowest BCUT2D eigenvalue weighted by molar-refractivity contribution is -0.305. The maximum absolute atomic E-state index is 13.4. The summed E-state index contributed by atoms with van der Waals surface area (Å²) in [6, 6.07) is -1.01. The fourth-order valence-electron chi connectivity index (χ4n) is 9.48. The minimum Gasteiger partial charge on any atom is -0.454 e. The Balaban J connectivity index is 2.67. The van der Waals surface area contributed by atoms with E-state index in [1.54, 1.807) is 6.08 Å². The number of aliphatic hydroxyl groups excluding tert-OH is 5. The number of hydrogen-bond acceptors (Lipinski definition) is 10. The normalized spacial score (nSPS) is 19.8. The van der Waals surface area contributed by atoms with Crippen LogP contribution in [0.25, 0.3) is 0 Å². The summed E-state index contributed by atoms with van der Waals surface area (Å²) >= 11 is 0. The molecule has 0 spiro atoms. The third kappa shape index (κ3) is 36.1. The van der Waals surface area contributed by atoms with Gasteiger partial charge in [0.15, 0.2) is 12.4 Å². The Morgan fingerprint density at radius 3 is 1.36 bits per heavy atom. The van der Waals surface area contributed by atoms with Crippen molar-refractivity contribution in [3.8, 4) is 0 Å².